The molecule has 1 unspecified atom stereocenters. The number of methoxy groups -OCH3 is 1. The van der Waals surface area contributed by atoms with Crippen molar-refractivity contribution in [3.05, 3.63) is 40.8 Å². The molecule has 156 valence electrons. The number of ether oxygens (including phenoxy) is 1. The van der Waals surface area contributed by atoms with Crippen molar-refractivity contribution < 1.29 is 9.13 Å². The molecule has 2 aromatic rings. The number of nitrogens with zero attached hydrogens (tertiary/aromatic N) is 4. The van der Waals surface area contributed by atoms with Crippen molar-refractivity contribution in [2.75, 3.05) is 37.8 Å². The second kappa shape index (κ2) is 8.12. The first-order valence-electron chi connectivity index (χ1n) is 10.2. The number of anilines is 2. The van der Waals surface area contributed by atoms with Gasteiger partial charge in [-0.3, -0.25) is 9.80 Å². The van der Waals surface area contributed by atoms with Crippen molar-refractivity contribution in [2.45, 2.75) is 45.4 Å². The highest BCUT2D eigenvalue weighted by molar-refractivity contribution is 5.64. The maximum atomic E-state index is 14.7. The number of aryl methyl sites for hydroxylation is 1. The topological polar surface area (TPSA) is 79.5 Å². The molecule has 2 aliphatic rings. The van der Waals surface area contributed by atoms with Crippen LogP contribution in [-0.2, 0) is 13.1 Å². The van der Waals surface area contributed by atoms with Crippen LogP contribution in [0.2, 0.25) is 0 Å². The van der Waals surface area contributed by atoms with Gasteiger partial charge in [-0.25, -0.2) is 4.39 Å². The molecule has 2 fully saturated rings. The Labute approximate surface area is 171 Å². The van der Waals surface area contributed by atoms with Gasteiger partial charge < -0.3 is 15.8 Å². The second-order valence-corrected chi connectivity index (χ2v) is 7.90. The summed E-state index contributed by atoms with van der Waals surface area (Å²) in [6, 6.07) is 7.00. The predicted molar refractivity (Wildman–Crippen MR) is 111 cm³/mol. The standard InChI is InChI=1S/C21H29FN6O/c1-4-27-11-17-8-16(27)12-28(17)10-14-5-6-15(18(22)7-14)9-24-20-19(23)13(2)25-21(26-20)29-3/h5-7,16-17H,4,8-12,23H2,1-3H3,(H,24,25,26)/t16-,17?/m0/s1. The van der Waals surface area contributed by atoms with Crippen molar-refractivity contribution in [1.29, 1.82) is 0 Å². The molecule has 0 aliphatic carbocycles. The van der Waals surface area contributed by atoms with Crippen LogP contribution < -0.4 is 15.8 Å². The average molecular weight is 401 g/mol. The molecule has 3 N–H and O–H groups in total. The molecule has 0 spiro atoms. The molecule has 7 nitrogen and oxygen atoms in total. The maximum absolute atomic E-state index is 14.7. The molecule has 2 bridgehead atoms. The van der Waals surface area contributed by atoms with Gasteiger partial charge in [0.1, 0.15) is 5.82 Å². The number of nitrogens with two attached hydrogens (primary N) is 1. The second-order valence-electron chi connectivity index (χ2n) is 7.90. The van der Waals surface area contributed by atoms with Crippen LogP contribution in [0.3, 0.4) is 0 Å². The van der Waals surface area contributed by atoms with Crippen LogP contribution in [0.25, 0.3) is 0 Å². The highest BCUT2D eigenvalue weighted by Gasteiger charge is 2.42. The lowest BCUT2D eigenvalue weighted by molar-refractivity contribution is 0.127. The molecule has 0 amide bonds. The van der Waals surface area contributed by atoms with Crippen LogP contribution in [0.5, 0.6) is 6.01 Å². The summed E-state index contributed by atoms with van der Waals surface area (Å²) in [6.07, 6.45) is 1.24. The summed E-state index contributed by atoms with van der Waals surface area (Å²) in [5, 5.41) is 3.10. The lowest BCUT2D eigenvalue weighted by Crippen LogP contribution is -2.45. The van der Waals surface area contributed by atoms with Gasteiger partial charge in [0, 0.05) is 43.8 Å². The third-order valence-corrected chi connectivity index (χ3v) is 6.12. The molecule has 0 saturated carbocycles. The molecule has 29 heavy (non-hydrogen) atoms. The van der Waals surface area contributed by atoms with Crippen LogP contribution in [-0.4, -0.2) is 58.6 Å². The normalized spacial score (nSPS) is 21.7. The molecular weight excluding hydrogens is 371 g/mol. The number of aromatic nitrogens is 2. The molecule has 1 aromatic carbocycles. The Morgan fingerprint density at radius 2 is 2.00 bits per heavy atom. The average Bonchev–Trinajstić information content (AvgIpc) is 3.30. The summed E-state index contributed by atoms with van der Waals surface area (Å²) in [6.45, 7) is 8.43. The first kappa shape index (κ1) is 19.8. The van der Waals surface area contributed by atoms with Crippen LogP contribution in [0.1, 0.15) is 30.2 Å². The van der Waals surface area contributed by atoms with Gasteiger partial charge in [-0.2, -0.15) is 9.97 Å². The number of piperazine rings is 1. The van der Waals surface area contributed by atoms with E-state index in [1.54, 1.807) is 13.0 Å². The monoisotopic (exact) mass is 400 g/mol. The number of nitrogens with one attached hydrogen (secondary N) is 1. The van der Waals surface area contributed by atoms with Crippen LogP contribution >= 0.6 is 0 Å². The van der Waals surface area contributed by atoms with Gasteiger partial charge >= 0.3 is 6.01 Å². The number of halogens is 1. The molecule has 0 radical (unpaired) electrons. The molecule has 3 heterocycles. The zero-order chi connectivity index (χ0) is 20.5. The smallest absolute Gasteiger partial charge is 0.318 e. The van der Waals surface area contributed by atoms with Crippen molar-refractivity contribution >= 4 is 11.5 Å². The van der Waals surface area contributed by atoms with Crippen LogP contribution in [0.15, 0.2) is 18.2 Å². The van der Waals surface area contributed by atoms with Gasteiger partial charge in [-0.1, -0.05) is 19.1 Å². The lowest BCUT2D eigenvalue weighted by Gasteiger charge is -2.33. The van der Waals surface area contributed by atoms with E-state index in [4.69, 9.17) is 10.5 Å². The summed E-state index contributed by atoms with van der Waals surface area (Å²) in [7, 11) is 1.50. The minimum absolute atomic E-state index is 0.217. The fourth-order valence-electron chi connectivity index (χ4n) is 4.44. The van der Waals surface area contributed by atoms with Crippen LogP contribution in [0, 0.1) is 12.7 Å². The van der Waals surface area contributed by atoms with E-state index in [2.05, 4.69) is 32.0 Å². The van der Waals surface area contributed by atoms with E-state index in [9.17, 15) is 4.39 Å². The largest absolute Gasteiger partial charge is 0.467 e. The third kappa shape index (κ3) is 4.00. The fourth-order valence-corrected chi connectivity index (χ4v) is 4.44. The molecule has 4 rings (SSSR count). The Hall–Kier alpha value is -2.45. The summed E-state index contributed by atoms with van der Waals surface area (Å²) in [5.41, 5.74) is 8.67. The quantitative estimate of drug-likeness (QED) is 0.739. The first-order chi connectivity index (χ1) is 14.0. The van der Waals surface area contributed by atoms with E-state index in [-0.39, 0.29) is 18.4 Å². The summed E-state index contributed by atoms with van der Waals surface area (Å²) >= 11 is 0. The Morgan fingerprint density at radius 1 is 1.24 bits per heavy atom. The van der Waals surface area contributed by atoms with E-state index >= 15 is 0 Å². The van der Waals surface area contributed by atoms with Crippen molar-refractivity contribution in [2.24, 2.45) is 0 Å². The van der Waals surface area contributed by atoms with E-state index in [0.717, 1.165) is 31.7 Å². The predicted octanol–water partition coefficient (Wildman–Crippen LogP) is 2.41. The van der Waals surface area contributed by atoms with Crippen molar-refractivity contribution in [1.82, 2.24) is 19.8 Å². The number of fused-ring (bicyclic) bond motifs is 2. The third-order valence-electron chi connectivity index (χ3n) is 6.12. The van der Waals surface area contributed by atoms with E-state index < -0.39 is 0 Å². The minimum atomic E-state index is -0.217. The minimum Gasteiger partial charge on any atom is -0.467 e. The number of hydrogen-bond donors (Lipinski definition) is 2. The van der Waals surface area contributed by atoms with Gasteiger partial charge in [0.2, 0.25) is 0 Å². The molecule has 2 saturated heterocycles. The number of benzene rings is 1. The van der Waals surface area contributed by atoms with E-state index in [1.165, 1.54) is 13.5 Å². The Morgan fingerprint density at radius 3 is 2.66 bits per heavy atom. The summed E-state index contributed by atoms with van der Waals surface area (Å²) in [4.78, 5) is 13.4. The van der Waals surface area contributed by atoms with Crippen LogP contribution in [0.4, 0.5) is 15.9 Å². The van der Waals surface area contributed by atoms with Gasteiger partial charge in [-0.15, -0.1) is 0 Å². The lowest BCUT2D eigenvalue weighted by atomic mass is 10.1. The Balaban J connectivity index is 1.39. The number of rotatable bonds is 7. The highest BCUT2D eigenvalue weighted by Crippen LogP contribution is 2.31. The SMILES string of the molecule is CCN1CC2C[C@H]1CN2Cc1ccc(CNc2nc(OC)nc(C)c2N)c(F)c1. The zero-order valence-corrected chi connectivity index (χ0v) is 17.3. The van der Waals surface area contributed by atoms with Gasteiger partial charge in [0.05, 0.1) is 18.5 Å². The van der Waals surface area contributed by atoms with Crippen molar-refractivity contribution in [3.63, 3.8) is 0 Å². The first-order valence-corrected chi connectivity index (χ1v) is 10.2. The van der Waals surface area contributed by atoms with E-state index in [1.807, 2.05) is 12.1 Å². The molecular formula is C21H29FN6O. The number of hydrogen-bond acceptors (Lipinski definition) is 7. The number of likely N-dealkylation sites (tertiary alicyclic amines) is 2. The Kier molecular flexibility index (Phi) is 5.56. The fraction of sp³-hybridized carbons (Fsp3) is 0.524. The molecule has 1 aromatic heterocycles. The Bertz CT molecular complexity index is 892. The molecule has 8 heteroatoms. The molecule has 2 aliphatic heterocycles. The maximum Gasteiger partial charge on any atom is 0.318 e. The highest BCUT2D eigenvalue weighted by atomic mass is 19.1. The van der Waals surface area contributed by atoms with Gasteiger partial charge in [0.15, 0.2) is 5.82 Å². The zero-order valence-electron chi connectivity index (χ0n) is 17.3. The molecule has 2 atom stereocenters. The van der Waals surface area contributed by atoms with E-state index in [0.29, 0.717) is 34.8 Å². The van der Waals surface area contributed by atoms with Gasteiger partial charge in [-0.05, 0) is 31.5 Å². The number of nitrogen functional groups attached to an aromatic ring is 1. The summed E-state index contributed by atoms with van der Waals surface area (Å²) in [5.74, 6) is 0.234. The summed E-state index contributed by atoms with van der Waals surface area (Å²) < 4.78 is 19.8. The number of likely N-dealkylation sites (N-methyl/N-ethyl adjacent to an activating group) is 1. The van der Waals surface area contributed by atoms with Crippen molar-refractivity contribution in [3.8, 4) is 6.01 Å². The van der Waals surface area contributed by atoms with Gasteiger partial charge in [0.25, 0.3) is 0 Å².